The van der Waals surface area contributed by atoms with Crippen LogP contribution in [0.5, 0.6) is 5.75 Å². The number of benzene rings is 1. The van der Waals surface area contributed by atoms with E-state index < -0.39 is 10.0 Å². The lowest BCUT2D eigenvalue weighted by atomic mass is 10.3. The first-order valence-electron chi connectivity index (χ1n) is 4.51. The Balaban J connectivity index is 3.12. The quantitative estimate of drug-likeness (QED) is 0.744. The molecule has 0 spiro atoms. The van der Waals surface area contributed by atoms with Gasteiger partial charge in [-0.1, -0.05) is 13.0 Å². The van der Waals surface area contributed by atoms with E-state index in [1.807, 2.05) is 6.92 Å². The second kappa shape index (κ2) is 4.50. The first-order valence-corrected chi connectivity index (χ1v) is 6.05. The molecule has 0 amide bonds. The first kappa shape index (κ1) is 11.8. The molecule has 0 aliphatic carbocycles. The minimum atomic E-state index is -3.79. The van der Waals surface area contributed by atoms with Crippen LogP contribution in [0.15, 0.2) is 23.1 Å². The van der Waals surface area contributed by atoms with Gasteiger partial charge in [0.1, 0.15) is 10.6 Å². The summed E-state index contributed by atoms with van der Waals surface area (Å²) in [7, 11) is -3.79. The standard InChI is InChI=1S/C9H14N2O3S/c1-2-6-14-7-4-3-5-8(9(7)10)15(11,12)13/h3-5H,2,6,10H2,1H3,(H2,11,12,13). The zero-order valence-corrected chi connectivity index (χ0v) is 9.25. The lowest BCUT2D eigenvalue weighted by Gasteiger charge is -2.10. The molecule has 0 unspecified atom stereocenters. The van der Waals surface area contributed by atoms with Gasteiger partial charge >= 0.3 is 0 Å². The van der Waals surface area contributed by atoms with Gasteiger partial charge in [-0.25, -0.2) is 13.6 Å². The molecule has 0 aromatic heterocycles. The number of rotatable bonds is 4. The molecule has 0 radical (unpaired) electrons. The van der Waals surface area contributed by atoms with E-state index in [-0.39, 0.29) is 10.6 Å². The maximum Gasteiger partial charge on any atom is 0.240 e. The van der Waals surface area contributed by atoms with E-state index in [4.69, 9.17) is 15.6 Å². The lowest BCUT2D eigenvalue weighted by molar-refractivity contribution is 0.318. The molecule has 0 saturated carbocycles. The molecule has 0 aliphatic rings. The average molecular weight is 230 g/mol. The summed E-state index contributed by atoms with van der Waals surface area (Å²) in [5, 5.41) is 4.99. The first-order chi connectivity index (χ1) is 6.96. The Hall–Kier alpha value is -1.27. The number of ether oxygens (including phenoxy) is 1. The van der Waals surface area contributed by atoms with Gasteiger partial charge in [0.25, 0.3) is 0 Å². The predicted octanol–water partition coefficient (Wildman–Crippen LogP) is 0.705. The van der Waals surface area contributed by atoms with Crippen LogP contribution < -0.4 is 15.6 Å². The number of nitrogen functional groups attached to an aromatic ring is 1. The topological polar surface area (TPSA) is 95.4 Å². The third kappa shape index (κ3) is 2.84. The van der Waals surface area contributed by atoms with Crippen LogP contribution in [0.1, 0.15) is 13.3 Å². The summed E-state index contributed by atoms with van der Waals surface area (Å²) in [6, 6.07) is 4.50. The monoisotopic (exact) mass is 230 g/mol. The highest BCUT2D eigenvalue weighted by Crippen LogP contribution is 2.27. The summed E-state index contributed by atoms with van der Waals surface area (Å²) in [6.45, 7) is 2.43. The van der Waals surface area contributed by atoms with Crippen molar-refractivity contribution in [2.24, 2.45) is 5.14 Å². The highest BCUT2D eigenvalue weighted by molar-refractivity contribution is 7.89. The number of sulfonamides is 1. The fraction of sp³-hybridized carbons (Fsp3) is 0.333. The van der Waals surface area contributed by atoms with Crippen molar-refractivity contribution in [3.8, 4) is 5.75 Å². The van der Waals surface area contributed by atoms with E-state index >= 15 is 0 Å². The minimum absolute atomic E-state index is 0.0634. The van der Waals surface area contributed by atoms with Crippen molar-refractivity contribution in [1.29, 1.82) is 0 Å². The molecule has 1 aromatic carbocycles. The number of anilines is 1. The summed E-state index contributed by atoms with van der Waals surface area (Å²) in [5.41, 5.74) is 5.69. The molecule has 5 nitrogen and oxygen atoms in total. The molecule has 0 saturated heterocycles. The molecular formula is C9H14N2O3S. The van der Waals surface area contributed by atoms with Crippen LogP contribution in [0.3, 0.4) is 0 Å². The third-order valence-corrected chi connectivity index (χ3v) is 2.76. The number of hydrogen-bond donors (Lipinski definition) is 2. The van der Waals surface area contributed by atoms with Crippen molar-refractivity contribution < 1.29 is 13.2 Å². The smallest absolute Gasteiger partial charge is 0.240 e. The Morgan fingerprint density at radius 3 is 2.60 bits per heavy atom. The van der Waals surface area contributed by atoms with Gasteiger partial charge in [0.2, 0.25) is 10.0 Å². The molecule has 1 aromatic rings. The Labute approximate surface area is 89.1 Å². The Morgan fingerprint density at radius 1 is 1.40 bits per heavy atom. The summed E-state index contributed by atoms with van der Waals surface area (Å²) < 4.78 is 27.5. The number of para-hydroxylation sites is 1. The third-order valence-electron chi connectivity index (χ3n) is 1.79. The summed E-state index contributed by atoms with van der Waals surface area (Å²) in [4.78, 5) is -0.101. The lowest BCUT2D eigenvalue weighted by Crippen LogP contribution is -2.15. The van der Waals surface area contributed by atoms with Crippen LogP contribution in [0.25, 0.3) is 0 Å². The number of nitrogens with two attached hydrogens (primary N) is 2. The van der Waals surface area contributed by atoms with Crippen molar-refractivity contribution in [3.05, 3.63) is 18.2 Å². The Kier molecular flexibility index (Phi) is 3.54. The van der Waals surface area contributed by atoms with Crippen molar-refractivity contribution in [2.45, 2.75) is 18.2 Å². The largest absolute Gasteiger partial charge is 0.491 e. The fourth-order valence-electron chi connectivity index (χ4n) is 1.11. The zero-order chi connectivity index (χ0) is 11.5. The molecule has 0 heterocycles. The van der Waals surface area contributed by atoms with Gasteiger partial charge in [0, 0.05) is 0 Å². The van der Waals surface area contributed by atoms with Crippen molar-refractivity contribution in [3.63, 3.8) is 0 Å². The van der Waals surface area contributed by atoms with Gasteiger partial charge in [-0.3, -0.25) is 0 Å². The maximum absolute atomic E-state index is 11.1. The Morgan fingerprint density at radius 2 is 2.07 bits per heavy atom. The van der Waals surface area contributed by atoms with Crippen molar-refractivity contribution >= 4 is 15.7 Å². The van der Waals surface area contributed by atoms with Gasteiger partial charge in [0.15, 0.2) is 0 Å². The molecule has 84 valence electrons. The molecule has 0 atom stereocenters. The van der Waals surface area contributed by atoms with Gasteiger partial charge in [-0.2, -0.15) is 0 Å². The van der Waals surface area contributed by atoms with E-state index in [1.54, 1.807) is 12.1 Å². The van der Waals surface area contributed by atoms with E-state index in [0.717, 1.165) is 6.42 Å². The second-order valence-corrected chi connectivity index (χ2v) is 4.59. The van der Waals surface area contributed by atoms with Gasteiger partial charge in [0.05, 0.1) is 12.3 Å². The molecule has 4 N–H and O–H groups in total. The molecule has 0 bridgehead atoms. The normalized spacial score (nSPS) is 11.3. The maximum atomic E-state index is 11.1. The van der Waals surface area contributed by atoms with Crippen LogP contribution in [0.4, 0.5) is 5.69 Å². The van der Waals surface area contributed by atoms with Crippen molar-refractivity contribution in [1.82, 2.24) is 0 Å². The van der Waals surface area contributed by atoms with Gasteiger partial charge < -0.3 is 10.5 Å². The molecular weight excluding hydrogens is 216 g/mol. The summed E-state index contributed by atoms with van der Waals surface area (Å²) in [5.74, 6) is 0.350. The fourth-order valence-corrected chi connectivity index (χ4v) is 1.79. The van der Waals surface area contributed by atoms with E-state index in [0.29, 0.717) is 12.4 Å². The zero-order valence-electron chi connectivity index (χ0n) is 8.43. The highest BCUT2D eigenvalue weighted by atomic mass is 32.2. The number of hydrogen-bond acceptors (Lipinski definition) is 4. The van der Waals surface area contributed by atoms with Crippen LogP contribution in [0.2, 0.25) is 0 Å². The summed E-state index contributed by atoms with van der Waals surface area (Å²) in [6.07, 6.45) is 0.818. The van der Waals surface area contributed by atoms with E-state index in [2.05, 4.69) is 0 Å². The van der Waals surface area contributed by atoms with Crippen molar-refractivity contribution in [2.75, 3.05) is 12.3 Å². The Bertz CT molecular complexity index is 443. The average Bonchev–Trinajstić information content (AvgIpc) is 2.14. The highest BCUT2D eigenvalue weighted by Gasteiger charge is 2.15. The van der Waals surface area contributed by atoms with Crippen LogP contribution >= 0.6 is 0 Å². The minimum Gasteiger partial charge on any atom is -0.491 e. The SMILES string of the molecule is CCCOc1cccc(S(N)(=O)=O)c1N. The van der Waals surface area contributed by atoms with Crippen LogP contribution in [-0.4, -0.2) is 15.0 Å². The molecule has 15 heavy (non-hydrogen) atoms. The second-order valence-electron chi connectivity index (χ2n) is 3.06. The van der Waals surface area contributed by atoms with E-state index in [9.17, 15) is 8.42 Å². The van der Waals surface area contributed by atoms with Gasteiger partial charge in [-0.15, -0.1) is 0 Å². The molecule has 0 aliphatic heterocycles. The molecule has 1 rings (SSSR count). The molecule has 0 fully saturated rings. The number of primary sulfonamides is 1. The molecule has 6 heteroatoms. The van der Waals surface area contributed by atoms with Gasteiger partial charge in [-0.05, 0) is 18.6 Å². The summed E-state index contributed by atoms with van der Waals surface area (Å²) >= 11 is 0. The van der Waals surface area contributed by atoms with Crippen LogP contribution in [0, 0.1) is 0 Å². The van der Waals surface area contributed by atoms with Crippen LogP contribution in [-0.2, 0) is 10.0 Å². The predicted molar refractivity (Wildman–Crippen MR) is 58.0 cm³/mol. The van der Waals surface area contributed by atoms with E-state index in [1.165, 1.54) is 6.07 Å².